The lowest BCUT2D eigenvalue weighted by Crippen LogP contribution is -2.63. The van der Waals surface area contributed by atoms with Crippen molar-refractivity contribution in [3.8, 4) is 0 Å². The van der Waals surface area contributed by atoms with E-state index in [1.165, 1.54) is 24.8 Å². The molecule has 5 fully saturated rings. The summed E-state index contributed by atoms with van der Waals surface area (Å²) in [5, 5.41) is 3.50. The Labute approximate surface area is 180 Å². The zero-order valence-electron chi connectivity index (χ0n) is 17.5. The highest BCUT2D eigenvalue weighted by Gasteiger charge is 2.65. The summed E-state index contributed by atoms with van der Waals surface area (Å²) in [6.07, 6.45) is 12.0. The molecule has 3 N–H and O–H groups in total. The summed E-state index contributed by atoms with van der Waals surface area (Å²) in [4.78, 5) is 13.8. The number of hydrogen-bond acceptors (Lipinski definition) is 2. The van der Waals surface area contributed by atoms with E-state index in [4.69, 9.17) is 17.3 Å². The predicted octanol–water partition coefficient (Wildman–Crippen LogP) is 4.91. The van der Waals surface area contributed by atoms with Gasteiger partial charge in [-0.1, -0.05) is 30.3 Å². The van der Waals surface area contributed by atoms with Crippen molar-refractivity contribution in [1.82, 2.24) is 5.32 Å². The topological polar surface area (TPSA) is 55.1 Å². The molecule has 1 aromatic rings. The zero-order chi connectivity index (χ0) is 20.1. The van der Waals surface area contributed by atoms with Gasteiger partial charge in [-0.05, 0) is 92.9 Å². The summed E-state index contributed by atoms with van der Waals surface area (Å²) in [7, 11) is 0. The first-order chi connectivity index (χ1) is 14.0. The Morgan fingerprint density at radius 2 is 1.79 bits per heavy atom. The first kappa shape index (κ1) is 19.9. The van der Waals surface area contributed by atoms with Crippen LogP contribution < -0.4 is 11.1 Å². The maximum Gasteiger partial charge on any atom is 0.226 e. The molecule has 5 aliphatic carbocycles. The van der Waals surface area contributed by atoms with Crippen molar-refractivity contribution >= 4 is 17.5 Å². The normalized spacial score (nSPS) is 43.3. The fraction of sp³-hybridized carbons (Fsp3) is 0.720. The van der Waals surface area contributed by atoms with Crippen LogP contribution in [0.5, 0.6) is 0 Å². The van der Waals surface area contributed by atoms with Gasteiger partial charge in [0.15, 0.2) is 0 Å². The van der Waals surface area contributed by atoms with Crippen LogP contribution in [0.15, 0.2) is 30.3 Å². The minimum Gasteiger partial charge on any atom is -0.353 e. The lowest BCUT2D eigenvalue weighted by atomic mass is 9.38. The van der Waals surface area contributed by atoms with E-state index in [0.29, 0.717) is 29.8 Å². The Morgan fingerprint density at radius 3 is 2.52 bits per heavy atom. The number of benzene rings is 1. The first-order valence-corrected chi connectivity index (χ1v) is 12.2. The van der Waals surface area contributed by atoms with Gasteiger partial charge < -0.3 is 11.1 Å². The number of halogens is 1. The van der Waals surface area contributed by atoms with Gasteiger partial charge in [0.05, 0.1) is 5.41 Å². The standard InChI is InChI=1S/C25H35ClN2O/c26-11-10-23-12-18-13-24(15-23,19-4-2-1-3-5-19)17-25(14-18,16-23)22(29)28-21-8-6-20(27)7-9-21/h1-5,18,20-21H,6-17,27H2,(H,28,29)/t18?,20-,21-,23-,24-,25?/m1/s1. The quantitative estimate of drug-likeness (QED) is 0.672. The van der Waals surface area contributed by atoms with Crippen molar-refractivity contribution in [2.45, 2.75) is 88.1 Å². The van der Waals surface area contributed by atoms with E-state index in [-0.39, 0.29) is 16.2 Å². The van der Waals surface area contributed by atoms with E-state index in [2.05, 4.69) is 35.6 Å². The third-order valence-corrected chi connectivity index (χ3v) is 8.97. The van der Waals surface area contributed by atoms with E-state index >= 15 is 0 Å². The van der Waals surface area contributed by atoms with Crippen molar-refractivity contribution in [1.29, 1.82) is 0 Å². The van der Waals surface area contributed by atoms with Gasteiger partial charge in [0.1, 0.15) is 0 Å². The largest absolute Gasteiger partial charge is 0.353 e. The Kier molecular flexibility index (Phi) is 4.98. The van der Waals surface area contributed by atoms with Crippen LogP contribution in [0.25, 0.3) is 0 Å². The minimum atomic E-state index is -0.207. The van der Waals surface area contributed by atoms with Crippen LogP contribution >= 0.6 is 11.6 Å². The second-order valence-electron chi connectivity index (χ2n) is 11.0. The molecule has 1 aromatic carbocycles. The van der Waals surface area contributed by atoms with Gasteiger partial charge in [0, 0.05) is 18.0 Å². The van der Waals surface area contributed by atoms with Crippen LogP contribution in [0.1, 0.15) is 76.2 Å². The fourth-order valence-corrected chi connectivity index (χ4v) is 8.49. The van der Waals surface area contributed by atoms with Crippen LogP contribution in [0.4, 0.5) is 0 Å². The van der Waals surface area contributed by atoms with Crippen LogP contribution in [0, 0.1) is 16.7 Å². The highest BCUT2D eigenvalue weighted by Crippen LogP contribution is 2.71. The maximum absolute atomic E-state index is 13.8. The average Bonchev–Trinajstić information content (AvgIpc) is 2.69. The van der Waals surface area contributed by atoms with Crippen LogP contribution in [0.2, 0.25) is 0 Å². The third-order valence-electron chi connectivity index (χ3n) is 8.78. The van der Waals surface area contributed by atoms with E-state index in [1.807, 2.05) is 0 Å². The molecular weight excluding hydrogens is 380 g/mol. The summed E-state index contributed by atoms with van der Waals surface area (Å²) in [5.74, 6) is 1.69. The van der Waals surface area contributed by atoms with Crippen molar-refractivity contribution in [2.75, 3.05) is 5.88 Å². The summed E-state index contributed by atoms with van der Waals surface area (Å²) in [5.41, 5.74) is 7.71. The second kappa shape index (κ2) is 7.27. The van der Waals surface area contributed by atoms with E-state index in [1.54, 1.807) is 0 Å². The molecule has 2 unspecified atom stereocenters. The lowest BCUT2D eigenvalue weighted by molar-refractivity contribution is -0.164. The van der Waals surface area contributed by atoms with Crippen molar-refractivity contribution < 1.29 is 4.79 Å². The van der Waals surface area contributed by atoms with E-state index in [0.717, 1.165) is 51.4 Å². The number of carbonyl (C=O) groups is 1. The molecule has 4 bridgehead atoms. The summed E-state index contributed by atoms with van der Waals surface area (Å²) in [6, 6.07) is 11.7. The summed E-state index contributed by atoms with van der Waals surface area (Å²) < 4.78 is 0. The minimum absolute atomic E-state index is 0.152. The smallest absolute Gasteiger partial charge is 0.226 e. The van der Waals surface area contributed by atoms with Gasteiger partial charge in [-0.2, -0.15) is 0 Å². The fourth-order valence-electron chi connectivity index (χ4n) is 8.09. The van der Waals surface area contributed by atoms with E-state index in [9.17, 15) is 4.79 Å². The molecule has 0 aromatic heterocycles. The molecule has 3 nitrogen and oxygen atoms in total. The molecule has 4 atom stereocenters. The van der Waals surface area contributed by atoms with Gasteiger partial charge in [-0.3, -0.25) is 4.79 Å². The average molecular weight is 415 g/mol. The molecule has 1 amide bonds. The summed E-state index contributed by atoms with van der Waals surface area (Å²) >= 11 is 6.31. The first-order valence-electron chi connectivity index (χ1n) is 11.6. The Morgan fingerprint density at radius 1 is 1.03 bits per heavy atom. The molecule has 158 valence electrons. The van der Waals surface area contributed by atoms with E-state index < -0.39 is 0 Å². The molecule has 0 saturated heterocycles. The van der Waals surface area contributed by atoms with Crippen LogP contribution in [-0.4, -0.2) is 23.9 Å². The second-order valence-corrected chi connectivity index (χ2v) is 11.3. The number of nitrogens with one attached hydrogen (secondary N) is 1. The van der Waals surface area contributed by atoms with Gasteiger partial charge in [-0.25, -0.2) is 0 Å². The van der Waals surface area contributed by atoms with Gasteiger partial charge in [0.25, 0.3) is 0 Å². The van der Waals surface area contributed by atoms with Gasteiger partial charge in [-0.15, -0.1) is 11.6 Å². The molecule has 4 heteroatoms. The highest BCUT2D eigenvalue weighted by molar-refractivity contribution is 6.17. The highest BCUT2D eigenvalue weighted by atomic mass is 35.5. The number of alkyl halides is 1. The lowest BCUT2D eigenvalue weighted by Gasteiger charge is -2.66. The Bertz CT molecular complexity index is 761. The molecule has 29 heavy (non-hydrogen) atoms. The molecule has 0 radical (unpaired) electrons. The zero-order valence-corrected chi connectivity index (χ0v) is 18.2. The number of carbonyl (C=O) groups excluding carboxylic acids is 1. The number of hydrogen-bond donors (Lipinski definition) is 2. The van der Waals surface area contributed by atoms with Gasteiger partial charge >= 0.3 is 0 Å². The molecule has 0 aliphatic heterocycles. The summed E-state index contributed by atoms with van der Waals surface area (Å²) in [6.45, 7) is 0. The molecule has 0 spiro atoms. The van der Waals surface area contributed by atoms with Gasteiger partial charge in [0.2, 0.25) is 5.91 Å². The molecular formula is C25H35ClN2O. The predicted molar refractivity (Wildman–Crippen MR) is 118 cm³/mol. The SMILES string of the molecule is N[C@H]1CC[C@H](NC(=O)C23CC4C[C@@](CCCl)(C2)C[C@](c2ccccc2)(C4)C3)CC1. The van der Waals surface area contributed by atoms with Crippen molar-refractivity contribution in [2.24, 2.45) is 22.5 Å². The van der Waals surface area contributed by atoms with Crippen molar-refractivity contribution in [3.05, 3.63) is 35.9 Å². The van der Waals surface area contributed by atoms with Crippen molar-refractivity contribution in [3.63, 3.8) is 0 Å². The van der Waals surface area contributed by atoms with Crippen LogP contribution in [0.3, 0.4) is 0 Å². The number of nitrogens with two attached hydrogens (primary N) is 1. The number of rotatable bonds is 5. The Hall–Kier alpha value is -1.06. The monoisotopic (exact) mass is 414 g/mol. The third kappa shape index (κ3) is 3.43. The Balaban J connectivity index is 1.46. The molecule has 5 aliphatic rings. The molecule has 5 saturated carbocycles. The maximum atomic E-state index is 13.8. The molecule has 0 heterocycles. The molecule has 6 rings (SSSR count). The van der Waals surface area contributed by atoms with Crippen LogP contribution in [-0.2, 0) is 10.2 Å². The number of amides is 1.